The molecule has 0 saturated carbocycles. The summed E-state index contributed by atoms with van der Waals surface area (Å²) in [5, 5.41) is 3.98. The maximum atomic E-state index is 11.9. The first-order valence-electron chi connectivity index (χ1n) is 5.42. The zero-order valence-electron chi connectivity index (χ0n) is 10.6. The molecule has 2 N–H and O–H groups in total. The number of rotatable bonds is 4. The van der Waals surface area contributed by atoms with E-state index in [1.54, 1.807) is 12.3 Å². The van der Waals surface area contributed by atoms with Crippen LogP contribution in [0.25, 0.3) is 0 Å². The SMILES string of the molecule is CN(C)S(=O)(=O)c1cnn(Cc2nccc(N)n2)c1. The van der Waals surface area contributed by atoms with Crippen LogP contribution in [0.4, 0.5) is 5.82 Å². The van der Waals surface area contributed by atoms with Gasteiger partial charge in [0.15, 0.2) is 5.82 Å². The van der Waals surface area contributed by atoms with E-state index >= 15 is 0 Å². The average molecular weight is 282 g/mol. The van der Waals surface area contributed by atoms with Crippen LogP contribution in [0.15, 0.2) is 29.6 Å². The van der Waals surface area contributed by atoms with Gasteiger partial charge in [0, 0.05) is 26.5 Å². The fourth-order valence-electron chi connectivity index (χ4n) is 1.41. The van der Waals surface area contributed by atoms with Crippen molar-refractivity contribution in [3.63, 3.8) is 0 Å². The van der Waals surface area contributed by atoms with Crippen LogP contribution in [0.2, 0.25) is 0 Å². The lowest BCUT2D eigenvalue weighted by Crippen LogP contribution is -2.21. The highest BCUT2D eigenvalue weighted by atomic mass is 32.2. The van der Waals surface area contributed by atoms with E-state index in [2.05, 4.69) is 15.1 Å². The molecule has 0 fully saturated rings. The minimum Gasteiger partial charge on any atom is -0.384 e. The van der Waals surface area contributed by atoms with Crippen LogP contribution in [0.5, 0.6) is 0 Å². The van der Waals surface area contributed by atoms with Crippen molar-refractivity contribution < 1.29 is 8.42 Å². The molecule has 2 rings (SSSR count). The first-order valence-corrected chi connectivity index (χ1v) is 6.86. The molecule has 2 aromatic heterocycles. The van der Waals surface area contributed by atoms with E-state index in [-0.39, 0.29) is 11.4 Å². The Hall–Kier alpha value is -2.00. The van der Waals surface area contributed by atoms with Crippen molar-refractivity contribution in [2.24, 2.45) is 0 Å². The van der Waals surface area contributed by atoms with Gasteiger partial charge in [-0.15, -0.1) is 0 Å². The second-order valence-corrected chi connectivity index (χ2v) is 6.21. The largest absolute Gasteiger partial charge is 0.384 e. The first kappa shape index (κ1) is 13.4. The van der Waals surface area contributed by atoms with Gasteiger partial charge in [-0.1, -0.05) is 0 Å². The Balaban J connectivity index is 2.23. The summed E-state index contributed by atoms with van der Waals surface area (Å²) in [6.45, 7) is 0.258. The predicted octanol–water partition coefficient (Wildman–Crippen LogP) is -0.446. The summed E-state index contributed by atoms with van der Waals surface area (Å²) in [5.41, 5.74) is 5.54. The number of hydrogen-bond donors (Lipinski definition) is 1. The van der Waals surface area contributed by atoms with E-state index < -0.39 is 10.0 Å². The van der Waals surface area contributed by atoms with Crippen LogP contribution < -0.4 is 5.73 Å². The zero-order chi connectivity index (χ0) is 14.0. The molecule has 0 saturated heterocycles. The molecule has 0 bridgehead atoms. The third-order valence-electron chi connectivity index (χ3n) is 2.42. The standard InChI is InChI=1S/C10H14N6O2S/c1-15(2)19(17,18)8-5-13-16(6-8)7-10-12-4-3-9(11)14-10/h3-6H,7H2,1-2H3,(H2,11,12,14). The Morgan fingerprint density at radius 2 is 2.16 bits per heavy atom. The molecule has 0 aliphatic rings. The minimum absolute atomic E-state index is 0.126. The summed E-state index contributed by atoms with van der Waals surface area (Å²) >= 11 is 0. The van der Waals surface area contributed by atoms with Crippen molar-refractivity contribution in [1.29, 1.82) is 0 Å². The van der Waals surface area contributed by atoms with Crippen LogP contribution in [0.1, 0.15) is 5.82 Å². The molecule has 0 aliphatic heterocycles. The molecular weight excluding hydrogens is 268 g/mol. The van der Waals surface area contributed by atoms with Gasteiger partial charge in [0.2, 0.25) is 10.0 Å². The monoisotopic (exact) mass is 282 g/mol. The van der Waals surface area contributed by atoms with E-state index in [1.165, 1.54) is 31.2 Å². The van der Waals surface area contributed by atoms with E-state index in [4.69, 9.17) is 5.73 Å². The highest BCUT2D eigenvalue weighted by Crippen LogP contribution is 2.11. The van der Waals surface area contributed by atoms with Crippen LogP contribution in [0, 0.1) is 0 Å². The van der Waals surface area contributed by atoms with Crippen LogP contribution in [0.3, 0.4) is 0 Å². The molecule has 0 radical (unpaired) electrons. The highest BCUT2D eigenvalue weighted by Gasteiger charge is 2.19. The number of sulfonamides is 1. The molecule has 0 unspecified atom stereocenters. The topological polar surface area (TPSA) is 107 Å². The van der Waals surface area contributed by atoms with Gasteiger partial charge in [0.25, 0.3) is 0 Å². The molecule has 0 aliphatic carbocycles. The lowest BCUT2D eigenvalue weighted by Gasteiger charge is -2.08. The molecule has 9 heteroatoms. The number of nitrogen functional groups attached to an aromatic ring is 1. The van der Waals surface area contributed by atoms with Crippen LogP contribution >= 0.6 is 0 Å². The molecule has 0 spiro atoms. The summed E-state index contributed by atoms with van der Waals surface area (Å²) in [6, 6.07) is 1.58. The Morgan fingerprint density at radius 3 is 2.79 bits per heavy atom. The molecule has 0 atom stereocenters. The third kappa shape index (κ3) is 2.88. The average Bonchev–Trinajstić information content (AvgIpc) is 2.78. The summed E-state index contributed by atoms with van der Waals surface area (Å²) in [5.74, 6) is 0.829. The van der Waals surface area contributed by atoms with Gasteiger partial charge < -0.3 is 5.73 Å². The Morgan fingerprint density at radius 1 is 1.42 bits per heavy atom. The second kappa shape index (κ2) is 4.94. The zero-order valence-corrected chi connectivity index (χ0v) is 11.4. The number of hydrogen-bond acceptors (Lipinski definition) is 6. The maximum absolute atomic E-state index is 11.9. The van der Waals surface area contributed by atoms with E-state index in [9.17, 15) is 8.42 Å². The van der Waals surface area contributed by atoms with Crippen LogP contribution in [-0.2, 0) is 16.6 Å². The maximum Gasteiger partial charge on any atom is 0.245 e. The summed E-state index contributed by atoms with van der Waals surface area (Å²) in [6.07, 6.45) is 4.27. The molecule has 2 heterocycles. The minimum atomic E-state index is -3.47. The Labute approximate surface area is 110 Å². The molecule has 102 valence electrons. The first-order chi connectivity index (χ1) is 8.89. The van der Waals surface area contributed by atoms with Crippen molar-refractivity contribution in [3.8, 4) is 0 Å². The van der Waals surface area contributed by atoms with Crippen LogP contribution in [-0.4, -0.2) is 46.6 Å². The number of aromatic nitrogens is 4. The summed E-state index contributed by atoms with van der Waals surface area (Å²) in [4.78, 5) is 8.18. The summed E-state index contributed by atoms with van der Waals surface area (Å²) < 4.78 is 26.3. The van der Waals surface area contributed by atoms with Gasteiger partial charge in [-0.05, 0) is 6.07 Å². The number of anilines is 1. The van der Waals surface area contributed by atoms with Gasteiger partial charge in [0.1, 0.15) is 17.3 Å². The van der Waals surface area contributed by atoms with Gasteiger partial charge in [-0.2, -0.15) is 5.10 Å². The fourth-order valence-corrected chi connectivity index (χ4v) is 2.27. The quantitative estimate of drug-likeness (QED) is 0.814. The molecule has 2 aromatic rings. The van der Waals surface area contributed by atoms with Gasteiger partial charge in [-0.3, -0.25) is 4.68 Å². The molecular formula is C10H14N6O2S. The highest BCUT2D eigenvalue weighted by molar-refractivity contribution is 7.89. The molecule has 19 heavy (non-hydrogen) atoms. The predicted molar refractivity (Wildman–Crippen MR) is 68.6 cm³/mol. The van der Waals surface area contributed by atoms with Crippen molar-refractivity contribution >= 4 is 15.8 Å². The van der Waals surface area contributed by atoms with Crippen molar-refractivity contribution in [2.45, 2.75) is 11.4 Å². The smallest absolute Gasteiger partial charge is 0.245 e. The van der Waals surface area contributed by atoms with E-state index in [1.807, 2.05) is 0 Å². The molecule has 8 nitrogen and oxygen atoms in total. The van der Waals surface area contributed by atoms with Crippen molar-refractivity contribution in [1.82, 2.24) is 24.1 Å². The molecule has 0 amide bonds. The van der Waals surface area contributed by atoms with Crippen molar-refractivity contribution in [3.05, 3.63) is 30.5 Å². The third-order valence-corrected chi connectivity index (χ3v) is 4.19. The second-order valence-electron chi connectivity index (χ2n) is 4.06. The van der Waals surface area contributed by atoms with Gasteiger partial charge >= 0.3 is 0 Å². The van der Waals surface area contributed by atoms with Gasteiger partial charge in [-0.25, -0.2) is 22.7 Å². The van der Waals surface area contributed by atoms with Gasteiger partial charge in [0.05, 0.1) is 6.20 Å². The Kier molecular flexibility index (Phi) is 3.49. The van der Waals surface area contributed by atoms with Crippen molar-refractivity contribution in [2.75, 3.05) is 19.8 Å². The number of nitrogens with two attached hydrogens (primary N) is 1. The molecule has 0 aromatic carbocycles. The van der Waals surface area contributed by atoms with E-state index in [0.29, 0.717) is 11.6 Å². The van der Waals surface area contributed by atoms with E-state index in [0.717, 1.165) is 4.31 Å². The lowest BCUT2D eigenvalue weighted by atomic mass is 10.5. The summed E-state index contributed by atoms with van der Waals surface area (Å²) in [7, 11) is -0.540. The number of nitrogens with zero attached hydrogens (tertiary/aromatic N) is 5. The normalized spacial score (nSPS) is 11.9. The fraction of sp³-hybridized carbons (Fsp3) is 0.300. The Bertz CT molecular complexity index is 679. The lowest BCUT2D eigenvalue weighted by molar-refractivity contribution is 0.520.